The number of rotatable bonds is 4. The number of nitrogen functional groups attached to an aromatic ring is 1. The number of nitrogens with zero attached hydrogens (tertiary/aromatic N) is 1. The number of carbonyl (C=O) groups excluding carboxylic acids is 1. The molecule has 0 amide bonds. The number of aromatic nitrogens is 1. The lowest BCUT2D eigenvalue weighted by Gasteiger charge is -2.07. The highest BCUT2D eigenvalue weighted by Gasteiger charge is 2.10. The van der Waals surface area contributed by atoms with Crippen LogP contribution >= 0.6 is 0 Å². The number of esters is 1. The quantitative estimate of drug-likeness (QED) is 0.849. The molecular weight excluding hydrogens is 244 g/mol. The van der Waals surface area contributed by atoms with Gasteiger partial charge < -0.3 is 15.2 Å². The number of benzene rings is 1. The molecule has 0 bridgehead atoms. The number of methoxy groups -OCH3 is 1. The second-order valence-corrected chi connectivity index (χ2v) is 3.89. The summed E-state index contributed by atoms with van der Waals surface area (Å²) >= 11 is 0. The molecule has 1 aromatic heterocycles. The van der Waals surface area contributed by atoms with E-state index in [0.717, 1.165) is 11.3 Å². The lowest BCUT2D eigenvalue weighted by molar-refractivity contribution is 0.0473. The summed E-state index contributed by atoms with van der Waals surface area (Å²) in [4.78, 5) is 15.7. The Morgan fingerprint density at radius 2 is 2.21 bits per heavy atom. The average molecular weight is 258 g/mol. The van der Waals surface area contributed by atoms with Crippen LogP contribution < -0.4 is 10.5 Å². The van der Waals surface area contributed by atoms with Gasteiger partial charge in [-0.05, 0) is 23.8 Å². The van der Waals surface area contributed by atoms with Crippen LogP contribution in [0.5, 0.6) is 5.75 Å². The Kier molecular flexibility index (Phi) is 3.97. The van der Waals surface area contributed by atoms with E-state index < -0.39 is 5.97 Å². The predicted molar refractivity (Wildman–Crippen MR) is 70.8 cm³/mol. The first-order valence-electron chi connectivity index (χ1n) is 5.70. The van der Waals surface area contributed by atoms with E-state index >= 15 is 0 Å². The van der Waals surface area contributed by atoms with Gasteiger partial charge in [0.1, 0.15) is 12.4 Å². The molecule has 0 unspecified atom stereocenters. The maximum absolute atomic E-state index is 11.8. The second-order valence-electron chi connectivity index (χ2n) is 3.89. The van der Waals surface area contributed by atoms with E-state index in [1.54, 1.807) is 7.11 Å². The molecule has 5 nitrogen and oxygen atoms in total. The van der Waals surface area contributed by atoms with E-state index in [2.05, 4.69) is 4.98 Å². The zero-order chi connectivity index (χ0) is 13.7. The van der Waals surface area contributed by atoms with Crippen LogP contribution in [0, 0.1) is 0 Å². The minimum Gasteiger partial charge on any atom is -0.497 e. The second kappa shape index (κ2) is 5.86. The number of ether oxygens (including phenoxy) is 2. The van der Waals surface area contributed by atoms with Crippen LogP contribution in [0.4, 0.5) is 5.69 Å². The lowest BCUT2D eigenvalue weighted by atomic mass is 10.2. The fourth-order valence-corrected chi connectivity index (χ4v) is 1.58. The summed E-state index contributed by atoms with van der Waals surface area (Å²) in [6.45, 7) is 0.164. The van der Waals surface area contributed by atoms with Gasteiger partial charge in [0.2, 0.25) is 0 Å². The molecular formula is C14H14N2O3. The lowest BCUT2D eigenvalue weighted by Crippen LogP contribution is -2.08. The first-order valence-corrected chi connectivity index (χ1v) is 5.70. The van der Waals surface area contributed by atoms with Gasteiger partial charge in [0.15, 0.2) is 0 Å². The van der Waals surface area contributed by atoms with Crippen molar-refractivity contribution < 1.29 is 14.3 Å². The number of pyridine rings is 1. The van der Waals surface area contributed by atoms with Gasteiger partial charge in [0.05, 0.1) is 24.6 Å². The van der Waals surface area contributed by atoms with Gasteiger partial charge in [-0.1, -0.05) is 12.1 Å². The maximum Gasteiger partial charge on any atom is 0.340 e. The van der Waals surface area contributed by atoms with Crippen LogP contribution in [0.3, 0.4) is 0 Å². The molecule has 19 heavy (non-hydrogen) atoms. The molecule has 0 atom stereocenters. The number of hydrogen-bond donors (Lipinski definition) is 1. The highest BCUT2D eigenvalue weighted by Crippen LogP contribution is 2.15. The van der Waals surface area contributed by atoms with Crippen LogP contribution in [-0.2, 0) is 11.3 Å². The molecule has 0 aliphatic carbocycles. The highest BCUT2D eigenvalue weighted by atomic mass is 16.5. The Morgan fingerprint density at radius 3 is 2.95 bits per heavy atom. The van der Waals surface area contributed by atoms with E-state index in [0.29, 0.717) is 11.3 Å². The zero-order valence-electron chi connectivity index (χ0n) is 10.5. The molecule has 2 N–H and O–H groups in total. The largest absolute Gasteiger partial charge is 0.497 e. The van der Waals surface area contributed by atoms with Crippen molar-refractivity contribution in [1.29, 1.82) is 0 Å². The van der Waals surface area contributed by atoms with Gasteiger partial charge in [-0.25, -0.2) is 4.79 Å². The molecule has 1 heterocycles. The fraction of sp³-hybridized carbons (Fsp3) is 0.143. The summed E-state index contributed by atoms with van der Waals surface area (Å²) in [7, 11) is 1.59. The molecule has 0 spiro atoms. The van der Waals surface area contributed by atoms with Gasteiger partial charge in [0, 0.05) is 6.20 Å². The molecule has 5 heteroatoms. The van der Waals surface area contributed by atoms with Crippen molar-refractivity contribution in [3.63, 3.8) is 0 Å². The van der Waals surface area contributed by atoms with E-state index in [1.807, 2.05) is 24.3 Å². The standard InChI is InChI=1S/C14H14N2O3/c1-18-11-4-2-3-10(7-11)9-19-14(17)12-5-6-16-8-13(12)15/h2-8H,9,15H2,1H3. The Bertz CT molecular complexity index is 584. The van der Waals surface area contributed by atoms with Crippen molar-refractivity contribution in [3.8, 4) is 5.75 Å². The summed E-state index contributed by atoms with van der Waals surface area (Å²) in [5, 5.41) is 0. The molecule has 2 aromatic rings. The zero-order valence-corrected chi connectivity index (χ0v) is 10.5. The minimum atomic E-state index is -0.470. The molecule has 2 rings (SSSR count). The van der Waals surface area contributed by atoms with Gasteiger partial charge in [0.25, 0.3) is 0 Å². The number of hydrogen-bond acceptors (Lipinski definition) is 5. The van der Waals surface area contributed by atoms with Crippen molar-refractivity contribution in [3.05, 3.63) is 53.9 Å². The normalized spacial score (nSPS) is 9.95. The fourth-order valence-electron chi connectivity index (χ4n) is 1.58. The first-order chi connectivity index (χ1) is 9.20. The molecule has 1 aromatic carbocycles. The van der Waals surface area contributed by atoms with Gasteiger partial charge >= 0.3 is 5.97 Å². The topological polar surface area (TPSA) is 74.4 Å². The van der Waals surface area contributed by atoms with Crippen molar-refractivity contribution >= 4 is 11.7 Å². The van der Waals surface area contributed by atoms with E-state index in [-0.39, 0.29) is 6.61 Å². The Morgan fingerprint density at radius 1 is 1.37 bits per heavy atom. The molecule has 0 fully saturated rings. The van der Waals surface area contributed by atoms with Gasteiger partial charge in [-0.15, -0.1) is 0 Å². The van der Waals surface area contributed by atoms with Crippen LogP contribution in [0.25, 0.3) is 0 Å². The molecule has 0 radical (unpaired) electrons. The Hall–Kier alpha value is -2.56. The van der Waals surface area contributed by atoms with Gasteiger partial charge in [-0.3, -0.25) is 4.98 Å². The summed E-state index contributed by atoms with van der Waals surface area (Å²) in [6, 6.07) is 8.85. The third kappa shape index (κ3) is 3.22. The van der Waals surface area contributed by atoms with Crippen LogP contribution in [0.1, 0.15) is 15.9 Å². The van der Waals surface area contributed by atoms with Crippen LogP contribution in [-0.4, -0.2) is 18.1 Å². The molecule has 98 valence electrons. The molecule has 0 aliphatic rings. The van der Waals surface area contributed by atoms with Crippen molar-refractivity contribution in [2.45, 2.75) is 6.61 Å². The van der Waals surface area contributed by atoms with Crippen molar-refractivity contribution in [1.82, 2.24) is 4.98 Å². The number of carbonyl (C=O) groups is 1. The van der Waals surface area contributed by atoms with E-state index in [4.69, 9.17) is 15.2 Å². The van der Waals surface area contributed by atoms with Crippen molar-refractivity contribution in [2.24, 2.45) is 0 Å². The SMILES string of the molecule is COc1cccc(COC(=O)c2ccncc2N)c1. The summed E-state index contributed by atoms with van der Waals surface area (Å²) in [5.41, 5.74) is 7.12. The number of anilines is 1. The smallest absolute Gasteiger partial charge is 0.340 e. The summed E-state index contributed by atoms with van der Waals surface area (Å²) in [6.07, 6.45) is 2.92. The first kappa shape index (κ1) is 12.9. The van der Waals surface area contributed by atoms with E-state index in [9.17, 15) is 4.79 Å². The highest BCUT2D eigenvalue weighted by molar-refractivity contribution is 5.94. The molecule has 0 saturated carbocycles. The average Bonchev–Trinajstić information content (AvgIpc) is 2.45. The number of nitrogens with two attached hydrogens (primary N) is 1. The maximum atomic E-state index is 11.8. The summed E-state index contributed by atoms with van der Waals surface area (Å²) in [5.74, 6) is 0.250. The predicted octanol–water partition coefficient (Wildman–Crippen LogP) is 2.03. The Labute approximate surface area is 111 Å². The van der Waals surface area contributed by atoms with Crippen LogP contribution in [0.15, 0.2) is 42.7 Å². The third-order valence-electron chi connectivity index (χ3n) is 2.58. The molecule has 0 aliphatic heterocycles. The minimum absolute atomic E-state index is 0.164. The molecule has 0 saturated heterocycles. The monoisotopic (exact) mass is 258 g/mol. The van der Waals surface area contributed by atoms with Gasteiger partial charge in [-0.2, -0.15) is 0 Å². The summed E-state index contributed by atoms with van der Waals surface area (Å²) < 4.78 is 10.3. The Balaban J connectivity index is 2.02. The van der Waals surface area contributed by atoms with E-state index in [1.165, 1.54) is 18.5 Å². The van der Waals surface area contributed by atoms with Crippen molar-refractivity contribution in [2.75, 3.05) is 12.8 Å². The third-order valence-corrected chi connectivity index (χ3v) is 2.58. The van der Waals surface area contributed by atoms with Crippen LogP contribution in [0.2, 0.25) is 0 Å².